The van der Waals surface area contributed by atoms with Crippen LogP contribution in [-0.2, 0) is 9.53 Å². The molecule has 2 aromatic rings. The molecular formula is C15H14N2O4. The number of ether oxygens (including phenoxy) is 1. The van der Waals surface area contributed by atoms with Gasteiger partial charge in [-0.3, -0.25) is 10.1 Å². The highest BCUT2D eigenvalue weighted by molar-refractivity contribution is 5.86. The molecule has 0 N–H and O–H groups in total. The Morgan fingerprint density at radius 1 is 1.33 bits per heavy atom. The van der Waals surface area contributed by atoms with Crippen molar-refractivity contribution in [1.82, 2.24) is 4.57 Å². The third-order valence-electron chi connectivity index (χ3n) is 2.80. The van der Waals surface area contributed by atoms with E-state index >= 15 is 0 Å². The fourth-order valence-corrected chi connectivity index (χ4v) is 1.92. The summed E-state index contributed by atoms with van der Waals surface area (Å²) < 4.78 is 6.45. The van der Waals surface area contributed by atoms with Crippen LogP contribution in [0.3, 0.4) is 0 Å². The van der Waals surface area contributed by atoms with E-state index in [0.29, 0.717) is 18.0 Å². The van der Waals surface area contributed by atoms with Gasteiger partial charge in [0, 0.05) is 24.0 Å². The quantitative estimate of drug-likeness (QED) is 0.366. The molecule has 0 aliphatic carbocycles. The van der Waals surface area contributed by atoms with Gasteiger partial charge in [0.2, 0.25) is 0 Å². The first-order chi connectivity index (χ1) is 10.1. The molecule has 0 saturated heterocycles. The van der Waals surface area contributed by atoms with Crippen LogP contribution >= 0.6 is 0 Å². The van der Waals surface area contributed by atoms with Crippen LogP contribution < -0.4 is 0 Å². The minimum Gasteiger partial charge on any atom is -0.463 e. The highest BCUT2D eigenvalue weighted by Gasteiger charge is 2.15. The summed E-state index contributed by atoms with van der Waals surface area (Å²) in [4.78, 5) is 22.0. The maximum absolute atomic E-state index is 11.3. The summed E-state index contributed by atoms with van der Waals surface area (Å²) in [6, 6.07) is 9.93. The van der Waals surface area contributed by atoms with Gasteiger partial charge in [-0.05, 0) is 31.2 Å². The van der Waals surface area contributed by atoms with Crippen molar-refractivity contribution >= 4 is 17.7 Å². The summed E-state index contributed by atoms with van der Waals surface area (Å²) in [7, 11) is 0. The fraction of sp³-hybridized carbons (Fsp3) is 0.133. The molecule has 0 atom stereocenters. The molecule has 6 heteroatoms. The van der Waals surface area contributed by atoms with Gasteiger partial charge >= 0.3 is 5.97 Å². The van der Waals surface area contributed by atoms with Crippen molar-refractivity contribution < 1.29 is 14.5 Å². The first-order valence-electron chi connectivity index (χ1n) is 6.39. The zero-order chi connectivity index (χ0) is 15.2. The van der Waals surface area contributed by atoms with Gasteiger partial charge < -0.3 is 9.30 Å². The summed E-state index contributed by atoms with van der Waals surface area (Å²) >= 11 is 0. The topological polar surface area (TPSA) is 74.4 Å². The number of hydrogen-bond donors (Lipinski definition) is 0. The van der Waals surface area contributed by atoms with E-state index in [1.54, 1.807) is 54.1 Å². The maximum atomic E-state index is 11.3. The predicted molar refractivity (Wildman–Crippen MR) is 78.1 cm³/mol. The van der Waals surface area contributed by atoms with Crippen LogP contribution in [0, 0.1) is 10.1 Å². The molecule has 6 nitrogen and oxygen atoms in total. The first kappa shape index (κ1) is 14.5. The van der Waals surface area contributed by atoms with E-state index in [-0.39, 0.29) is 5.69 Å². The fourth-order valence-electron chi connectivity index (χ4n) is 1.92. The largest absolute Gasteiger partial charge is 0.463 e. The van der Waals surface area contributed by atoms with E-state index in [2.05, 4.69) is 0 Å². The minimum absolute atomic E-state index is 0.000477. The first-order valence-corrected chi connectivity index (χ1v) is 6.39. The van der Waals surface area contributed by atoms with Gasteiger partial charge in [0.15, 0.2) is 0 Å². The Morgan fingerprint density at radius 2 is 2.10 bits per heavy atom. The van der Waals surface area contributed by atoms with E-state index in [9.17, 15) is 14.9 Å². The summed E-state index contributed by atoms with van der Waals surface area (Å²) in [6.07, 6.45) is 4.56. The molecule has 1 heterocycles. The van der Waals surface area contributed by atoms with Crippen molar-refractivity contribution in [3.8, 4) is 5.69 Å². The summed E-state index contributed by atoms with van der Waals surface area (Å²) in [6.45, 7) is 2.02. The molecule has 0 spiro atoms. The van der Waals surface area contributed by atoms with Crippen LogP contribution in [0.2, 0.25) is 0 Å². The molecule has 0 fully saturated rings. The lowest BCUT2D eigenvalue weighted by Gasteiger charge is -2.07. The van der Waals surface area contributed by atoms with Gasteiger partial charge in [-0.1, -0.05) is 12.1 Å². The number of rotatable bonds is 5. The molecule has 1 aromatic carbocycles. The minimum atomic E-state index is -0.451. The lowest BCUT2D eigenvalue weighted by Crippen LogP contribution is -2.01. The summed E-state index contributed by atoms with van der Waals surface area (Å²) in [5.41, 5.74) is 1.09. The zero-order valence-corrected chi connectivity index (χ0v) is 11.4. The summed E-state index contributed by atoms with van der Waals surface area (Å²) in [5.74, 6) is -0.451. The Hall–Kier alpha value is -2.89. The van der Waals surface area contributed by atoms with Crippen molar-refractivity contribution in [2.45, 2.75) is 6.92 Å². The third-order valence-corrected chi connectivity index (χ3v) is 2.80. The summed E-state index contributed by atoms with van der Waals surface area (Å²) in [5, 5.41) is 11.1. The normalized spacial score (nSPS) is 10.7. The molecule has 1 aromatic heterocycles. The number of carbonyl (C=O) groups excluding carboxylic acids is 1. The van der Waals surface area contributed by atoms with E-state index in [4.69, 9.17) is 4.74 Å². The lowest BCUT2D eigenvalue weighted by molar-refractivity contribution is -0.384. The number of nitro benzene ring substituents is 1. The number of nitro groups is 1. The predicted octanol–water partition coefficient (Wildman–Crippen LogP) is 2.96. The number of aromatic nitrogens is 1. The number of esters is 1. The highest BCUT2D eigenvalue weighted by atomic mass is 16.6. The number of para-hydroxylation sites is 2. The van der Waals surface area contributed by atoms with Crippen molar-refractivity contribution in [2.24, 2.45) is 0 Å². The molecule has 21 heavy (non-hydrogen) atoms. The monoisotopic (exact) mass is 286 g/mol. The molecular weight excluding hydrogens is 272 g/mol. The Balaban J connectivity index is 2.37. The van der Waals surface area contributed by atoms with Crippen LogP contribution in [0.4, 0.5) is 5.69 Å². The van der Waals surface area contributed by atoms with Gasteiger partial charge in [-0.25, -0.2) is 4.79 Å². The molecule has 0 amide bonds. The van der Waals surface area contributed by atoms with Crippen LogP contribution in [0.25, 0.3) is 11.8 Å². The van der Waals surface area contributed by atoms with Gasteiger partial charge in [-0.2, -0.15) is 0 Å². The molecule has 108 valence electrons. The highest BCUT2D eigenvalue weighted by Crippen LogP contribution is 2.24. The second kappa shape index (κ2) is 6.51. The second-order valence-corrected chi connectivity index (χ2v) is 4.13. The molecule has 0 saturated carbocycles. The van der Waals surface area contributed by atoms with Crippen LogP contribution in [0.15, 0.2) is 48.7 Å². The van der Waals surface area contributed by atoms with Crippen molar-refractivity contribution in [2.75, 3.05) is 6.61 Å². The smallest absolute Gasteiger partial charge is 0.330 e. The van der Waals surface area contributed by atoms with Gasteiger partial charge in [0.05, 0.1) is 11.5 Å². The van der Waals surface area contributed by atoms with Crippen molar-refractivity contribution in [1.29, 1.82) is 0 Å². The van der Waals surface area contributed by atoms with Gasteiger partial charge in [0.1, 0.15) is 5.69 Å². The van der Waals surface area contributed by atoms with Crippen LogP contribution in [0.5, 0.6) is 0 Å². The van der Waals surface area contributed by atoms with Crippen LogP contribution in [0.1, 0.15) is 12.6 Å². The van der Waals surface area contributed by atoms with Crippen LogP contribution in [-0.4, -0.2) is 22.1 Å². The van der Waals surface area contributed by atoms with Gasteiger partial charge in [0.25, 0.3) is 5.69 Å². The average molecular weight is 286 g/mol. The molecule has 0 unspecified atom stereocenters. The number of hydrogen-bond acceptors (Lipinski definition) is 4. The Kier molecular flexibility index (Phi) is 4.50. The molecule has 2 rings (SSSR count). The van der Waals surface area contributed by atoms with E-state index < -0.39 is 10.9 Å². The lowest BCUT2D eigenvalue weighted by atomic mass is 10.2. The Bertz CT molecular complexity index is 688. The zero-order valence-electron chi connectivity index (χ0n) is 11.4. The Morgan fingerprint density at radius 3 is 2.81 bits per heavy atom. The molecule has 0 radical (unpaired) electrons. The number of benzene rings is 1. The van der Waals surface area contributed by atoms with E-state index in [1.165, 1.54) is 12.1 Å². The molecule has 0 aliphatic rings. The number of carbonyl (C=O) groups is 1. The van der Waals surface area contributed by atoms with Gasteiger partial charge in [-0.15, -0.1) is 0 Å². The average Bonchev–Trinajstić information content (AvgIpc) is 2.93. The number of nitrogens with zero attached hydrogens (tertiary/aromatic N) is 2. The SMILES string of the molecule is CCOC(=O)/C=C/c1cccn1-c1ccccc1[N+](=O)[O-]. The standard InChI is InChI=1S/C15H14N2O4/c1-2-21-15(18)10-9-12-6-5-11-16(12)13-7-3-4-8-14(13)17(19)20/h3-11H,2H2,1H3/b10-9+. The third kappa shape index (κ3) is 3.36. The van der Waals surface area contributed by atoms with Crippen molar-refractivity contribution in [3.63, 3.8) is 0 Å². The second-order valence-electron chi connectivity index (χ2n) is 4.13. The molecule has 0 bridgehead atoms. The van der Waals surface area contributed by atoms with E-state index in [0.717, 1.165) is 0 Å². The van der Waals surface area contributed by atoms with E-state index in [1.807, 2.05) is 0 Å². The maximum Gasteiger partial charge on any atom is 0.330 e. The Labute approximate surface area is 121 Å². The molecule has 0 aliphatic heterocycles. The van der Waals surface area contributed by atoms with Crippen molar-refractivity contribution in [3.05, 3.63) is 64.5 Å².